The first-order chi connectivity index (χ1) is 14.9. The second-order valence-electron chi connectivity index (χ2n) is 8.42. The van der Waals surface area contributed by atoms with E-state index in [0.29, 0.717) is 18.4 Å². The Labute approximate surface area is 190 Å². The molecule has 0 spiro atoms. The average Bonchev–Trinajstić information content (AvgIpc) is 3.57. The molecule has 7 unspecified atom stereocenters. The van der Waals surface area contributed by atoms with Crippen molar-refractivity contribution in [3.8, 4) is 0 Å². The van der Waals surface area contributed by atoms with Crippen LogP contribution in [0.1, 0.15) is 59.3 Å². The smallest absolute Gasteiger partial charge is 0.180 e. The maximum absolute atomic E-state index is 9.82. The van der Waals surface area contributed by atoms with Crippen molar-refractivity contribution in [2.75, 3.05) is 35.5 Å². The normalized spacial score (nSPS) is 23.6. The lowest BCUT2D eigenvalue weighted by Gasteiger charge is -2.24. The van der Waals surface area contributed by atoms with E-state index < -0.39 is 12.4 Å². The zero-order chi connectivity index (χ0) is 23.8. The van der Waals surface area contributed by atoms with Crippen LogP contribution in [-0.4, -0.2) is 70.4 Å². The Hall–Kier alpha value is -0.760. The lowest BCUT2D eigenvalue weighted by Crippen LogP contribution is -2.33. The summed E-state index contributed by atoms with van der Waals surface area (Å²) in [5.74, 6) is 2.36. The van der Waals surface area contributed by atoms with Gasteiger partial charge in [-0.1, -0.05) is 37.6 Å². The molecule has 0 aromatic heterocycles. The van der Waals surface area contributed by atoms with Crippen molar-refractivity contribution >= 4 is 0 Å². The molecule has 0 radical (unpaired) electrons. The molecule has 1 aliphatic carbocycles. The lowest BCUT2D eigenvalue weighted by atomic mass is 9.95. The number of hydrogen-bond acceptors (Lipinski definition) is 6. The van der Waals surface area contributed by atoms with Crippen LogP contribution in [0.5, 0.6) is 0 Å². The average molecular weight is 445 g/mol. The Morgan fingerprint density at radius 1 is 1.03 bits per heavy atom. The highest BCUT2D eigenvalue weighted by atomic mass is 16.6. The molecule has 0 amide bonds. The number of aliphatic hydroxyl groups is 2. The minimum absolute atomic E-state index is 0.0181. The summed E-state index contributed by atoms with van der Waals surface area (Å²) >= 11 is 0. The van der Waals surface area contributed by atoms with Gasteiger partial charge in [-0.15, -0.1) is 0 Å². The number of aliphatic hydroxyl groups excluding tert-OH is 2. The molecule has 0 saturated heterocycles. The Bertz CT molecular complexity index is 488. The van der Waals surface area contributed by atoms with Crippen LogP contribution < -0.4 is 0 Å². The molecule has 184 valence electrons. The van der Waals surface area contributed by atoms with Gasteiger partial charge in [0.25, 0.3) is 0 Å². The maximum atomic E-state index is 9.82. The van der Waals surface area contributed by atoms with E-state index in [1.807, 2.05) is 7.11 Å². The molecule has 6 nitrogen and oxygen atoms in total. The SMILES string of the molecule is CCC(OC)C(C)C1CC1CC/C=C/C=C(\C)CC(CC(OC)C(O)OC)OC.CO. The Morgan fingerprint density at radius 3 is 2.19 bits per heavy atom. The molecule has 31 heavy (non-hydrogen) atoms. The molecule has 6 heteroatoms. The van der Waals surface area contributed by atoms with Gasteiger partial charge in [-0.3, -0.25) is 0 Å². The fourth-order valence-electron chi connectivity index (χ4n) is 4.34. The van der Waals surface area contributed by atoms with E-state index in [4.69, 9.17) is 24.1 Å². The summed E-state index contributed by atoms with van der Waals surface area (Å²) in [5, 5.41) is 16.8. The van der Waals surface area contributed by atoms with Gasteiger partial charge in [0.2, 0.25) is 0 Å². The minimum Gasteiger partial charge on any atom is -0.400 e. The van der Waals surface area contributed by atoms with E-state index in [2.05, 4.69) is 39.0 Å². The standard InChI is InChI=1S/C24H44O5.CH4O/c1-8-22(27-5)18(3)21-15-19(21)13-11-9-10-12-17(2)14-20(26-4)16-23(28-6)24(25)29-7;1-2/h9-10,12,18-25H,8,11,13-16H2,1-7H3;2H,1H3/b10-9+,17-12+;. The van der Waals surface area contributed by atoms with E-state index in [-0.39, 0.29) is 6.10 Å². The summed E-state index contributed by atoms with van der Waals surface area (Å²) < 4.78 is 21.5. The first-order valence-electron chi connectivity index (χ1n) is 11.5. The van der Waals surface area contributed by atoms with Gasteiger partial charge in [-0.25, -0.2) is 0 Å². The van der Waals surface area contributed by atoms with Crippen molar-refractivity contribution < 1.29 is 29.2 Å². The number of ether oxygens (including phenoxy) is 4. The van der Waals surface area contributed by atoms with E-state index in [9.17, 15) is 5.11 Å². The van der Waals surface area contributed by atoms with Crippen LogP contribution in [0.15, 0.2) is 23.8 Å². The van der Waals surface area contributed by atoms with Gasteiger partial charge in [0.15, 0.2) is 6.29 Å². The molecule has 0 aromatic carbocycles. The molecule has 0 heterocycles. The molecule has 1 aliphatic rings. The number of methoxy groups -OCH3 is 4. The van der Waals surface area contributed by atoms with Gasteiger partial charge in [0, 0.05) is 42.0 Å². The molecule has 1 fully saturated rings. The number of rotatable bonds is 16. The van der Waals surface area contributed by atoms with Crippen LogP contribution in [-0.2, 0) is 18.9 Å². The molecule has 7 atom stereocenters. The molecular formula is C25H48O6. The van der Waals surface area contributed by atoms with Crippen LogP contribution in [0.3, 0.4) is 0 Å². The quantitative estimate of drug-likeness (QED) is 0.272. The highest BCUT2D eigenvalue weighted by Crippen LogP contribution is 2.48. The van der Waals surface area contributed by atoms with Crippen LogP contribution in [0.4, 0.5) is 0 Å². The van der Waals surface area contributed by atoms with Crippen molar-refractivity contribution in [3.05, 3.63) is 23.8 Å². The maximum Gasteiger partial charge on any atom is 0.180 e. The van der Waals surface area contributed by atoms with Crippen LogP contribution in [0, 0.1) is 17.8 Å². The topological polar surface area (TPSA) is 77.4 Å². The Morgan fingerprint density at radius 2 is 1.68 bits per heavy atom. The third kappa shape index (κ3) is 11.6. The van der Waals surface area contributed by atoms with Crippen LogP contribution in [0.2, 0.25) is 0 Å². The minimum atomic E-state index is -0.938. The molecule has 0 bridgehead atoms. The molecule has 1 rings (SSSR count). The summed E-state index contributed by atoms with van der Waals surface area (Å²) in [6.45, 7) is 6.66. The lowest BCUT2D eigenvalue weighted by molar-refractivity contribution is -0.164. The summed E-state index contributed by atoms with van der Waals surface area (Å²) in [4.78, 5) is 0. The van der Waals surface area contributed by atoms with Gasteiger partial charge in [0.1, 0.15) is 6.10 Å². The summed E-state index contributed by atoms with van der Waals surface area (Å²) in [6.07, 6.45) is 11.9. The third-order valence-corrected chi connectivity index (χ3v) is 6.41. The number of allylic oxidation sites excluding steroid dienone is 3. The second-order valence-corrected chi connectivity index (χ2v) is 8.42. The van der Waals surface area contributed by atoms with E-state index in [1.165, 1.54) is 25.5 Å². The van der Waals surface area contributed by atoms with Crippen molar-refractivity contribution in [2.45, 2.75) is 83.9 Å². The van der Waals surface area contributed by atoms with Gasteiger partial charge < -0.3 is 29.2 Å². The second kappa shape index (κ2) is 17.8. The molecule has 1 saturated carbocycles. The molecular weight excluding hydrogens is 396 g/mol. The largest absolute Gasteiger partial charge is 0.400 e. The summed E-state index contributed by atoms with van der Waals surface area (Å²) in [6, 6.07) is 0. The molecule has 2 N–H and O–H groups in total. The zero-order valence-corrected chi connectivity index (χ0v) is 21.0. The summed E-state index contributed by atoms with van der Waals surface area (Å²) in [7, 11) is 7.58. The van der Waals surface area contributed by atoms with E-state index >= 15 is 0 Å². The van der Waals surface area contributed by atoms with Gasteiger partial charge in [0.05, 0.1) is 12.2 Å². The molecule has 0 aromatic rings. The van der Waals surface area contributed by atoms with E-state index in [1.54, 1.807) is 14.2 Å². The first kappa shape index (κ1) is 30.2. The van der Waals surface area contributed by atoms with Crippen LogP contribution in [0.25, 0.3) is 0 Å². The fourth-order valence-corrected chi connectivity index (χ4v) is 4.34. The predicted octanol–water partition coefficient (Wildman–Crippen LogP) is 4.35. The highest BCUT2D eigenvalue weighted by molar-refractivity contribution is 5.11. The fraction of sp³-hybridized carbons (Fsp3) is 0.840. The van der Waals surface area contributed by atoms with Crippen molar-refractivity contribution in [1.29, 1.82) is 0 Å². The zero-order valence-electron chi connectivity index (χ0n) is 21.0. The van der Waals surface area contributed by atoms with Crippen molar-refractivity contribution in [2.24, 2.45) is 17.8 Å². The third-order valence-electron chi connectivity index (χ3n) is 6.41. The van der Waals surface area contributed by atoms with Crippen molar-refractivity contribution in [3.63, 3.8) is 0 Å². The van der Waals surface area contributed by atoms with Crippen LogP contribution >= 0.6 is 0 Å². The van der Waals surface area contributed by atoms with Crippen molar-refractivity contribution in [1.82, 2.24) is 0 Å². The first-order valence-corrected chi connectivity index (χ1v) is 11.5. The van der Waals surface area contributed by atoms with Gasteiger partial charge >= 0.3 is 0 Å². The Kier molecular flexibility index (Phi) is 17.3. The van der Waals surface area contributed by atoms with Gasteiger partial charge in [-0.2, -0.15) is 0 Å². The number of hydrogen-bond donors (Lipinski definition) is 2. The van der Waals surface area contributed by atoms with E-state index in [0.717, 1.165) is 38.2 Å². The predicted molar refractivity (Wildman–Crippen MR) is 126 cm³/mol. The van der Waals surface area contributed by atoms with Gasteiger partial charge in [-0.05, 0) is 56.8 Å². The monoisotopic (exact) mass is 444 g/mol. The Balaban J connectivity index is 0.00000436. The summed E-state index contributed by atoms with van der Waals surface area (Å²) in [5.41, 5.74) is 1.25. The molecule has 0 aliphatic heterocycles. The highest BCUT2D eigenvalue weighted by Gasteiger charge is 2.42.